The highest BCUT2D eigenvalue weighted by molar-refractivity contribution is 7.89. The molecule has 0 atom stereocenters. The SMILES string of the molecule is CC(=O)COC(=O)c1cc(S(=O)(=O)N2CCOCC2)ccc1F. The number of carbonyl (C=O) groups is 2. The molecule has 0 aliphatic carbocycles. The van der Waals surface area contributed by atoms with Crippen molar-refractivity contribution < 1.29 is 31.9 Å². The Morgan fingerprint density at radius 2 is 1.96 bits per heavy atom. The lowest BCUT2D eigenvalue weighted by atomic mass is 10.2. The number of hydrogen-bond donors (Lipinski definition) is 0. The van der Waals surface area contributed by atoms with Gasteiger partial charge in [0, 0.05) is 13.1 Å². The monoisotopic (exact) mass is 345 g/mol. The largest absolute Gasteiger partial charge is 0.454 e. The van der Waals surface area contributed by atoms with E-state index in [-0.39, 0.29) is 31.2 Å². The second-order valence-corrected chi connectivity index (χ2v) is 6.87. The van der Waals surface area contributed by atoms with Gasteiger partial charge in [-0.1, -0.05) is 0 Å². The number of morpholine rings is 1. The molecular weight excluding hydrogens is 329 g/mol. The van der Waals surface area contributed by atoms with E-state index in [1.807, 2.05) is 0 Å². The van der Waals surface area contributed by atoms with E-state index < -0.39 is 39.8 Å². The van der Waals surface area contributed by atoms with E-state index in [9.17, 15) is 22.4 Å². The number of halogens is 1. The maximum Gasteiger partial charge on any atom is 0.341 e. The molecule has 1 heterocycles. The molecule has 1 aliphatic heterocycles. The van der Waals surface area contributed by atoms with Gasteiger partial charge in [-0.15, -0.1) is 0 Å². The van der Waals surface area contributed by atoms with Crippen LogP contribution in [0, 0.1) is 5.82 Å². The average molecular weight is 345 g/mol. The van der Waals surface area contributed by atoms with Crippen LogP contribution in [-0.4, -0.2) is 57.4 Å². The Morgan fingerprint density at radius 3 is 2.57 bits per heavy atom. The van der Waals surface area contributed by atoms with Crippen molar-refractivity contribution in [3.05, 3.63) is 29.6 Å². The van der Waals surface area contributed by atoms with Crippen molar-refractivity contribution in [1.82, 2.24) is 4.31 Å². The molecule has 0 spiro atoms. The first kappa shape index (κ1) is 17.5. The standard InChI is InChI=1S/C14H16FNO6S/c1-10(17)9-22-14(18)12-8-11(2-3-13(12)15)23(19,20)16-4-6-21-7-5-16/h2-3,8H,4-7,9H2,1H3. The zero-order valence-corrected chi connectivity index (χ0v) is 13.3. The highest BCUT2D eigenvalue weighted by Gasteiger charge is 2.28. The van der Waals surface area contributed by atoms with E-state index in [4.69, 9.17) is 4.74 Å². The van der Waals surface area contributed by atoms with Crippen LogP contribution >= 0.6 is 0 Å². The van der Waals surface area contributed by atoms with Gasteiger partial charge in [-0.05, 0) is 25.1 Å². The van der Waals surface area contributed by atoms with Crippen LogP contribution in [-0.2, 0) is 24.3 Å². The molecule has 0 unspecified atom stereocenters. The molecule has 126 valence electrons. The summed E-state index contributed by atoms with van der Waals surface area (Å²) in [5.41, 5.74) is -0.527. The summed E-state index contributed by atoms with van der Waals surface area (Å²) in [4.78, 5) is 22.4. The summed E-state index contributed by atoms with van der Waals surface area (Å²) in [7, 11) is -3.85. The van der Waals surface area contributed by atoms with E-state index >= 15 is 0 Å². The van der Waals surface area contributed by atoms with Crippen molar-refractivity contribution >= 4 is 21.8 Å². The zero-order valence-electron chi connectivity index (χ0n) is 12.5. The highest BCUT2D eigenvalue weighted by atomic mass is 32.2. The number of esters is 1. The first-order chi connectivity index (χ1) is 10.8. The zero-order chi connectivity index (χ0) is 17.0. The van der Waals surface area contributed by atoms with Crippen LogP contribution in [0.3, 0.4) is 0 Å². The van der Waals surface area contributed by atoms with Gasteiger partial charge >= 0.3 is 5.97 Å². The Hall–Kier alpha value is -1.84. The second kappa shape index (κ2) is 7.16. The van der Waals surface area contributed by atoms with Crippen LogP contribution in [0.5, 0.6) is 0 Å². The van der Waals surface area contributed by atoms with Crippen LogP contribution < -0.4 is 0 Å². The minimum Gasteiger partial charge on any atom is -0.454 e. The molecule has 1 aromatic carbocycles. The third-order valence-corrected chi connectivity index (χ3v) is 5.07. The number of nitrogens with zero attached hydrogens (tertiary/aromatic N) is 1. The Kier molecular flexibility index (Phi) is 5.45. The van der Waals surface area contributed by atoms with Gasteiger partial charge in [0.15, 0.2) is 5.78 Å². The minimum atomic E-state index is -3.85. The molecule has 1 fully saturated rings. The van der Waals surface area contributed by atoms with Gasteiger partial charge in [0.2, 0.25) is 10.0 Å². The smallest absolute Gasteiger partial charge is 0.341 e. The fourth-order valence-electron chi connectivity index (χ4n) is 2.00. The van der Waals surface area contributed by atoms with Gasteiger partial charge in [-0.3, -0.25) is 4.79 Å². The lowest BCUT2D eigenvalue weighted by Crippen LogP contribution is -2.40. The molecule has 0 aromatic heterocycles. The summed E-state index contributed by atoms with van der Waals surface area (Å²) in [6.07, 6.45) is 0. The molecule has 7 nitrogen and oxygen atoms in total. The quantitative estimate of drug-likeness (QED) is 0.726. The normalized spacial score (nSPS) is 16.1. The molecule has 0 radical (unpaired) electrons. The van der Waals surface area contributed by atoms with Crippen LogP contribution in [0.2, 0.25) is 0 Å². The number of benzene rings is 1. The van der Waals surface area contributed by atoms with Crippen molar-refractivity contribution in [3.8, 4) is 0 Å². The van der Waals surface area contributed by atoms with E-state index in [1.165, 1.54) is 11.2 Å². The first-order valence-electron chi connectivity index (χ1n) is 6.86. The van der Waals surface area contributed by atoms with Gasteiger partial charge in [0.1, 0.15) is 12.4 Å². The molecule has 9 heteroatoms. The second-order valence-electron chi connectivity index (χ2n) is 4.94. The molecule has 1 aromatic rings. The Balaban J connectivity index is 2.28. The number of carbonyl (C=O) groups excluding carboxylic acids is 2. The third kappa shape index (κ3) is 4.12. The lowest BCUT2D eigenvalue weighted by Gasteiger charge is -2.26. The van der Waals surface area contributed by atoms with Crippen LogP contribution in [0.4, 0.5) is 4.39 Å². The van der Waals surface area contributed by atoms with E-state index in [0.717, 1.165) is 18.2 Å². The van der Waals surface area contributed by atoms with Gasteiger partial charge in [-0.2, -0.15) is 4.31 Å². The van der Waals surface area contributed by atoms with Gasteiger partial charge in [0.25, 0.3) is 0 Å². The molecule has 1 aliphatic rings. The molecule has 0 saturated carbocycles. The molecule has 0 N–H and O–H groups in total. The third-order valence-electron chi connectivity index (χ3n) is 3.17. The van der Waals surface area contributed by atoms with Gasteiger partial charge in [-0.25, -0.2) is 17.6 Å². The summed E-state index contributed by atoms with van der Waals surface area (Å²) in [6.45, 7) is 1.62. The lowest BCUT2D eigenvalue weighted by molar-refractivity contribution is -0.120. The van der Waals surface area contributed by atoms with Gasteiger partial charge in [0.05, 0.1) is 23.7 Å². The predicted molar refractivity (Wildman–Crippen MR) is 76.9 cm³/mol. The maximum atomic E-state index is 13.8. The predicted octanol–water partition coefficient (Wildman–Crippen LogP) is 0.592. The summed E-state index contributed by atoms with van der Waals surface area (Å²) >= 11 is 0. The fraction of sp³-hybridized carbons (Fsp3) is 0.429. The number of ketones is 1. The first-order valence-corrected chi connectivity index (χ1v) is 8.30. The molecular formula is C14H16FNO6S. The number of hydrogen-bond acceptors (Lipinski definition) is 6. The average Bonchev–Trinajstić information content (AvgIpc) is 2.53. The Labute approximate surface area is 133 Å². The summed E-state index contributed by atoms with van der Waals surface area (Å²) < 4.78 is 49.6. The number of sulfonamides is 1. The highest BCUT2D eigenvalue weighted by Crippen LogP contribution is 2.20. The maximum absolute atomic E-state index is 13.8. The number of rotatable bonds is 5. The van der Waals surface area contributed by atoms with E-state index in [2.05, 4.69) is 4.74 Å². The number of Topliss-reactive ketones (excluding diaryl/α,β-unsaturated/α-hetero) is 1. The van der Waals surface area contributed by atoms with Crippen molar-refractivity contribution in [2.75, 3.05) is 32.9 Å². The molecule has 0 bridgehead atoms. The fourth-order valence-corrected chi connectivity index (χ4v) is 3.44. The molecule has 1 saturated heterocycles. The molecule has 0 amide bonds. The van der Waals surface area contributed by atoms with Crippen LogP contribution in [0.1, 0.15) is 17.3 Å². The Morgan fingerprint density at radius 1 is 1.30 bits per heavy atom. The number of ether oxygens (including phenoxy) is 2. The van der Waals surface area contributed by atoms with E-state index in [0.29, 0.717) is 0 Å². The molecule has 2 rings (SSSR count). The Bertz CT molecular complexity index is 712. The topological polar surface area (TPSA) is 90.0 Å². The summed E-state index contributed by atoms with van der Waals surface area (Å²) in [5.74, 6) is -2.41. The van der Waals surface area contributed by atoms with Crippen LogP contribution in [0.15, 0.2) is 23.1 Å². The van der Waals surface area contributed by atoms with E-state index in [1.54, 1.807) is 0 Å². The van der Waals surface area contributed by atoms with Crippen molar-refractivity contribution in [2.24, 2.45) is 0 Å². The summed E-state index contributed by atoms with van der Waals surface area (Å²) in [5, 5.41) is 0. The molecule has 23 heavy (non-hydrogen) atoms. The van der Waals surface area contributed by atoms with Crippen molar-refractivity contribution in [2.45, 2.75) is 11.8 Å². The van der Waals surface area contributed by atoms with Crippen molar-refractivity contribution in [3.63, 3.8) is 0 Å². The van der Waals surface area contributed by atoms with Gasteiger partial charge < -0.3 is 9.47 Å². The minimum absolute atomic E-state index is 0.184. The summed E-state index contributed by atoms with van der Waals surface area (Å²) in [6, 6.07) is 2.89. The van der Waals surface area contributed by atoms with Crippen molar-refractivity contribution in [1.29, 1.82) is 0 Å². The van der Waals surface area contributed by atoms with Crippen LogP contribution in [0.25, 0.3) is 0 Å².